The van der Waals surface area contributed by atoms with Crippen LogP contribution in [-0.4, -0.2) is 0 Å². The van der Waals surface area contributed by atoms with Crippen LogP contribution in [0.15, 0.2) is 36.4 Å². The normalized spacial score (nSPS) is 11.5. The minimum Gasteiger partial charge on any atom is -0.487 e. The zero-order valence-corrected chi connectivity index (χ0v) is 10.5. The number of alkyl halides is 3. The fourth-order valence-corrected chi connectivity index (χ4v) is 1.65. The molecule has 0 bridgehead atoms. The maximum Gasteiger partial charge on any atom is 0.416 e. The fraction of sp³-hybridized carbons (Fsp3) is 0.143. The lowest BCUT2D eigenvalue weighted by molar-refractivity contribution is -0.137. The predicted octanol–water partition coefficient (Wildman–Crippen LogP) is 4.14. The second-order valence-corrected chi connectivity index (χ2v) is 4.27. The molecule has 0 saturated carbocycles. The molecule has 0 aliphatic rings. The van der Waals surface area contributed by atoms with Gasteiger partial charge in [0.25, 0.3) is 0 Å². The first-order chi connectivity index (χ1) is 9.77. The molecular formula is C14H10F5NO. The summed E-state index contributed by atoms with van der Waals surface area (Å²) in [5.41, 5.74) is 4.41. The van der Waals surface area contributed by atoms with E-state index in [0.29, 0.717) is 6.07 Å². The van der Waals surface area contributed by atoms with Crippen molar-refractivity contribution in [1.82, 2.24) is 0 Å². The Bertz CT molecular complexity index is 654. The monoisotopic (exact) mass is 303 g/mol. The molecule has 0 aromatic heterocycles. The molecule has 0 heterocycles. The number of anilines is 1. The van der Waals surface area contributed by atoms with Crippen molar-refractivity contribution in [3.05, 3.63) is 59.2 Å². The molecule has 0 amide bonds. The Morgan fingerprint density at radius 1 is 1.00 bits per heavy atom. The summed E-state index contributed by atoms with van der Waals surface area (Å²) in [4.78, 5) is 0. The predicted molar refractivity (Wildman–Crippen MR) is 66.5 cm³/mol. The van der Waals surface area contributed by atoms with Crippen molar-refractivity contribution in [2.24, 2.45) is 0 Å². The summed E-state index contributed by atoms with van der Waals surface area (Å²) in [6, 6.07) is 5.53. The standard InChI is InChI=1S/C14H10F5NO/c15-10-3-1-8(11(16)6-10)7-21-13-4-2-9(5-12(13)20)14(17,18)19/h1-6H,7,20H2. The summed E-state index contributed by atoms with van der Waals surface area (Å²) >= 11 is 0. The first-order valence-corrected chi connectivity index (χ1v) is 5.81. The number of benzene rings is 2. The van der Waals surface area contributed by atoms with Crippen LogP contribution in [0.4, 0.5) is 27.6 Å². The van der Waals surface area contributed by atoms with Crippen molar-refractivity contribution in [3.8, 4) is 5.75 Å². The highest BCUT2D eigenvalue weighted by atomic mass is 19.4. The van der Waals surface area contributed by atoms with E-state index < -0.39 is 23.4 Å². The van der Waals surface area contributed by atoms with Crippen LogP contribution in [0, 0.1) is 11.6 Å². The van der Waals surface area contributed by atoms with E-state index >= 15 is 0 Å². The summed E-state index contributed by atoms with van der Waals surface area (Å²) in [5, 5.41) is 0. The van der Waals surface area contributed by atoms with Gasteiger partial charge in [-0.05, 0) is 30.3 Å². The van der Waals surface area contributed by atoms with Gasteiger partial charge >= 0.3 is 6.18 Å². The molecule has 0 aliphatic heterocycles. The van der Waals surface area contributed by atoms with Gasteiger partial charge in [-0.3, -0.25) is 0 Å². The first-order valence-electron chi connectivity index (χ1n) is 5.81. The third-order valence-corrected chi connectivity index (χ3v) is 2.74. The van der Waals surface area contributed by atoms with Crippen molar-refractivity contribution < 1.29 is 26.7 Å². The summed E-state index contributed by atoms with van der Waals surface area (Å²) in [5.74, 6) is -1.54. The van der Waals surface area contributed by atoms with Crippen LogP contribution in [0.1, 0.15) is 11.1 Å². The van der Waals surface area contributed by atoms with E-state index in [9.17, 15) is 22.0 Å². The minimum absolute atomic E-state index is 0.00766. The highest BCUT2D eigenvalue weighted by Gasteiger charge is 2.30. The summed E-state index contributed by atoms with van der Waals surface area (Å²) < 4.78 is 68.6. The Kier molecular flexibility index (Phi) is 4.02. The molecule has 0 spiro atoms. The quantitative estimate of drug-likeness (QED) is 0.683. The molecule has 0 unspecified atom stereocenters. The van der Waals surface area contributed by atoms with Crippen molar-refractivity contribution in [2.45, 2.75) is 12.8 Å². The molecule has 2 nitrogen and oxygen atoms in total. The van der Waals surface area contributed by atoms with E-state index in [-0.39, 0.29) is 23.6 Å². The van der Waals surface area contributed by atoms with Crippen LogP contribution in [0.2, 0.25) is 0 Å². The smallest absolute Gasteiger partial charge is 0.416 e. The lowest BCUT2D eigenvalue weighted by Crippen LogP contribution is -2.07. The second kappa shape index (κ2) is 5.59. The Morgan fingerprint density at radius 3 is 2.29 bits per heavy atom. The average molecular weight is 303 g/mol. The number of nitrogen functional groups attached to an aromatic ring is 1. The van der Waals surface area contributed by atoms with Crippen LogP contribution >= 0.6 is 0 Å². The van der Waals surface area contributed by atoms with Crippen molar-refractivity contribution >= 4 is 5.69 Å². The number of hydrogen-bond acceptors (Lipinski definition) is 2. The van der Waals surface area contributed by atoms with Gasteiger partial charge in [0, 0.05) is 11.6 Å². The minimum atomic E-state index is -4.50. The lowest BCUT2D eigenvalue weighted by Gasteiger charge is -2.12. The number of ether oxygens (including phenoxy) is 1. The largest absolute Gasteiger partial charge is 0.487 e. The molecule has 21 heavy (non-hydrogen) atoms. The zero-order valence-electron chi connectivity index (χ0n) is 10.5. The third-order valence-electron chi connectivity index (χ3n) is 2.74. The van der Waals surface area contributed by atoms with Crippen LogP contribution in [0.3, 0.4) is 0 Å². The molecule has 2 aromatic rings. The van der Waals surface area contributed by atoms with E-state index in [1.807, 2.05) is 0 Å². The highest BCUT2D eigenvalue weighted by molar-refractivity contribution is 5.54. The van der Waals surface area contributed by atoms with Gasteiger partial charge in [0.1, 0.15) is 24.0 Å². The Labute approximate surface area is 116 Å². The summed E-state index contributed by atoms with van der Waals surface area (Å²) in [6.45, 7) is -0.276. The SMILES string of the molecule is Nc1cc(C(F)(F)F)ccc1OCc1ccc(F)cc1F. The van der Waals surface area contributed by atoms with Gasteiger partial charge in [-0.25, -0.2) is 8.78 Å². The van der Waals surface area contributed by atoms with Gasteiger partial charge in [0.2, 0.25) is 0 Å². The van der Waals surface area contributed by atoms with Gasteiger partial charge in [0.05, 0.1) is 11.3 Å². The molecule has 0 atom stereocenters. The second-order valence-electron chi connectivity index (χ2n) is 4.27. The maximum absolute atomic E-state index is 13.4. The third kappa shape index (κ3) is 3.62. The van der Waals surface area contributed by atoms with Gasteiger partial charge in [-0.1, -0.05) is 0 Å². The number of rotatable bonds is 3. The lowest BCUT2D eigenvalue weighted by atomic mass is 10.2. The van der Waals surface area contributed by atoms with Crippen LogP contribution in [0.5, 0.6) is 5.75 Å². The van der Waals surface area contributed by atoms with E-state index in [4.69, 9.17) is 10.5 Å². The Morgan fingerprint density at radius 2 is 1.71 bits per heavy atom. The Balaban J connectivity index is 2.13. The molecule has 0 aliphatic carbocycles. The molecule has 0 saturated heterocycles. The van der Waals surface area contributed by atoms with E-state index in [1.165, 1.54) is 6.07 Å². The number of nitrogens with two attached hydrogens (primary N) is 1. The van der Waals surface area contributed by atoms with Crippen molar-refractivity contribution in [1.29, 1.82) is 0 Å². The molecular weight excluding hydrogens is 293 g/mol. The molecule has 0 radical (unpaired) electrons. The van der Waals surface area contributed by atoms with Crippen molar-refractivity contribution in [3.63, 3.8) is 0 Å². The summed E-state index contributed by atoms with van der Waals surface area (Å²) in [6.07, 6.45) is -4.50. The van der Waals surface area contributed by atoms with E-state index in [2.05, 4.69) is 0 Å². The molecule has 2 aromatic carbocycles. The van der Waals surface area contributed by atoms with E-state index in [0.717, 1.165) is 24.3 Å². The van der Waals surface area contributed by atoms with Crippen molar-refractivity contribution in [2.75, 3.05) is 5.73 Å². The topological polar surface area (TPSA) is 35.2 Å². The fourth-order valence-electron chi connectivity index (χ4n) is 1.65. The average Bonchev–Trinajstić information content (AvgIpc) is 2.38. The highest BCUT2D eigenvalue weighted by Crippen LogP contribution is 2.33. The van der Waals surface area contributed by atoms with Crippen LogP contribution in [0.25, 0.3) is 0 Å². The van der Waals surface area contributed by atoms with Gasteiger partial charge in [-0.2, -0.15) is 13.2 Å². The van der Waals surface area contributed by atoms with Gasteiger partial charge in [0.15, 0.2) is 0 Å². The molecule has 7 heteroatoms. The summed E-state index contributed by atoms with van der Waals surface area (Å²) in [7, 11) is 0. The molecule has 0 fully saturated rings. The van der Waals surface area contributed by atoms with Crippen LogP contribution < -0.4 is 10.5 Å². The van der Waals surface area contributed by atoms with E-state index in [1.54, 1.807) is 0 Å². The molecule has 112 valence electrons. The maximum atomic E-state index is 13.4. The van der Waals surface area contributed by atoms with Gasteiger partial charge in [-0.15, -0.1) is 0 Å². The number of halogens is 5. The molecule has 2 rings (SSSR count). The number of hydrogen-bond donors (Lipinski definition) is 1. The Hall–Kier alpha value is -2.31. The first kappa shape index (κ1) is 15.1. The molecule has 2 N–H and O–H groups in total. The van der Waals surface area contributed by atoms with Gasteiger partial charge < -0.3 is 10.5 Å². The zero-order chi connectivity index (χ0) is 15.6. The van der Waals surface area contributed by atoms with Crippen LogP contribution in [-0.2, 0) is 12.8 Å².